The van der Waals surface area contributed by atoms with Gasteiger partial charge >= 0.3 is 0 Å². The Morgan fingerprint density at radius 1 is 1.46 bits per heavy atom. The summed E-state index contributed by atoms with van der Waals surface area (Å²) in [4.78, 5) is 7.94. The van der Waals surface area contributed by atoms with E-state index in [9.17, 15) is 5.11 Å². The molecule has 4 nitrogen and oxygen atoms in total. The quantitative estimate of drug-likeness (QED) is 0.713. The van der Waals surface area contributed by atoms with Gasteiger partial charge in [-0.05, 0) is 20.9 Å². The molecular formula is C9H15N3O. The van der Waals surface area contributed by atoms with Crippen LogP contribution in [-0.4, -0.2) is 27.7 Å². The summed E-state index contributed by atoms with van der Waals surface area (Å²) < 4.78 is 0. The van der Waals surface area contributed by atoms with E-state index < -0.39 is 11.6 Å². The van der Waals surface area contributed by atoms with Crippen LogP contribution < -0.4 is 5.32 Å². The molecule has 72 valence electrons. The molecule has 0 saturated carbocycles. The van der Waals surface area contributed by atoms with Crippen LogP contribution in [0.15, 0.2) is 18.6 Å². The SMILES string of the molecule is CNC(C)(C)C(O)c1cnccn1. The molecule has 0 aliphatic carbocycles. The predicted octanol–water partition coefficient (Wildman–Crippen LogP) is 0.508. The van der Waals surface area contributed by atoms with Gasteiger partial charge in [0.1, 0.15) is 6.10 Å². The molecule has 1 aromatic heterocycles. The number of aliphatic hydroxyl groups is 1. The Morgan fingerprint density at radius 3 is 2.62 bits per heavy atom. The van der Waals surface area contributed by atoms with Crippen molar-refractivity contribution in [3.63, 3.8) is 0 Å². The second kappa shape index (κ2) is 3.81. The molecule has 1 unspecified atom stereocenters. The molecule has 0 saturated heterocycles. The van der Waals surface area contributed by atoms with E-state index in [0.29, 0.717) is 5.69 Å². The zero-order chi connectivity index (χ0) is 9.90. The molecule has 0 fully saturated rings. The third kappa shape index (κ3) is 2.23. The van der Waals surface area contributed by atoms with Crippen molar-refractivity contribution in [2.45, 2.75) is 25.5 Å². The van der Waals surface area contributed by atoms with Gasteiger partial charge in [0.05, 0.1) is 11.9 Å². The van der Waals surface area contributed by atoms with E-state index in [-0.39, 0.29) is 0 Å². The number of aliphatic hydroxyl groups excluding tert-OH is 1. The molecule has 0 aliphatic rings. The minimum Gasteiger partial charge on any atom is -0.385 e. The van der Waals surface area contributed by atoms with Crippen molar-refractivity contribution in [1.82, 2.24) is 15.3 Å². The van der Waals surface area contributed by atoms with Crippen molar-refractivity contribution in [1.29, 1.82) is 0 Å². The number of hydrogen-bond acceptors (Lipinski definition) is 4. The summed E-state index contributed by atoms with van der Waals surface area (Å²) in [6.45, 7) is 3.82. The highest BCUT2D eigenvalue weighted by Gasteiger charge is 2.28. The summed E-state index contributed by atoms with van der Waals surface area (Å²) >= 11 is 0. The topological polar surface area (TPSA) is 58.0 Å². The van der Waals surface area contributed by atoms with Gasteiger partial charge in [-0.15, -0.1) is 0 Å². The second-order valence-electron chi connectivity index (χ2n) is 3.50. The van der Waals surface area contributed by atoms with Gasteiger partial charge < -0.3 is 10.4 Å². The smallest absolute Gasteiger partial charge is 0.115 e. The molecule has 1 aromatic rings. The maximum atomic E-state index is 9.88. The Balaban J connectivity index is 2.85. The molecule has 4 heteroatoms. The monoisotopic (exact) mass is 181 g/mol. The van der Waals surface area contributed by atoms with Crippen molar-refractivity contribution in [3.8, 4) is 0 Å². The second-order valence-corrected chi connectivity index (χ2v) is 3.50. The Labute approximate surface area is 78.0 Å². The summed E-state index contributed by atoms with van der Waals surface area (Å²) in [5.74, 6) is 0. The van der Waals surface area contributed by atoms with Gasteiger partial charge in [0.15, 0.2) is 0 Å². The van der Waals surface area contributed by atoms with E-state index in [1.54, 1.807) is 25.6 Å². The number of likely N-dealkylation sites (N-methyl/N-ethyl adjacent to an activating group) is 1. The molecule has 0 aromatic carbocycles. The Bertz CT molecular complexity index is 261. The molecule has 0 aliphatic heterocycles. The van der Waals surface area contributed by atoms with Gasteiger partial charge in [-0.3, -0.25) is 9.97 Å². The molecule has 0 bridgehead atoms. The number of hydrogen-bond donors (Lipinski definition) is 2. The van der Waals surface area contributed by atoms with Crippen LogP contribution in [0, 0.1) is 0 Å². The van der Waals surface area contributed by atoms with E-state index >= 15 is 0 Å². The fourth-order valence-electron chi connectivity index (χ4n) is 0.958. The molecular weight excluding hydrogens is 166 g/mol. The van der Waals surface area contributed by atoms with Gasteiger partial charge in [0.25, 0.3) is 0 Å². The Morgan fingerprint density at radius 2 is 2.15 bits per heavy atom. The number of nitrogens with one attached hydrogen (secondary N) is 1. The molecule has 1 heterocycles. The fourth-order valence-corrected chi connectivity index (χ4v) is 0.958. The average Bonchev–Trinajstić information content (AvgIpc) is 2.18. The Hall–Kier alpha value is -1.00. The van der Waals surface area contributed by atoms with Crippen LogP contribution in [0.25, 0.3) is 0 Å². The van der Waals surface area contributed by atoms with Crippen LogP contribution in [0.3, 0.4) is 0 Å². The minimum atomic E-state index is -0.647. The molecule has 1 atom stereocenters. The summed E-state index contributed by atoms with van der Waals surface area (Å²) in [6.07, 6.45) is 4.09. The van der Waals surface area contributed by atoms with E-state index in [0.717, 1.165) is 0 Å². The van der Waals surface area contributed by atoms with Gasteiger partial charge in [-0.2, -0.15) is 0 Å². The van der Waals surface area contributed by atoms with Crippen LogP contribution in [0.5, 0.6) is 0 Å². The maximum Gasteiger partial charge on any atom is 0.115 e. The Kier molecular flexibility index (Phi) is 2.95. The van der Waals surface area contributed by atoms with Crippen molar-refractivity contribution >= 4 is 0 Å². The molecule has 13 heavy (non-hydrogen) atoms. The van der Waals surface area contributed by atoms with E-state index in [4.69, 9.17) is 0 Å². The first-order valence-electron chi connectivity index (χ1n) is 4.21. The van der Waals surface area contributed by atoms with Gasteiger partial charge in [0, 0.05) is 17.9 Å². The van der Waals surface area contributed by atoms with Crippen molar-refractivity contribution in [3.05, 3.63) is 24.3 Å². The van der Waals surface area contributed by atoms with Crippen LogP contribution in [0.2, 0.25) is 0 Å². The first kappa shape index (κ1) is 10.1. The zero-order valence-corrected chi connectivity index (χ0v) is 8.15. The first-order chi connectivity index (χ1) is 6.08. The standard InChI is InChI=1S/C9H15N3O/c1-9(2,10-3)8(13)7-6-11-4-5-12-7/h4-6,8,10,13H,1-3H3. The fraction of sp³-hybridized carbons (Fsp3) is 0.556. The summed E-state index contributed by atoms with van der Waals surface area (Å²) in [6, 6.07) is 0. The summed E-state index contributed by atoms with van der Waals surface area (Å²) in [5, 5.41) is 12.9. The number of nitrogens with zero attached hydrogens (tertiary/aromatic N) is 2. The lowest BCUT2D eigenvalue weighted by molar-refractivity contribution is 0.0813. The summed E-state index contributed by atoms with van der Waals surface area (Å²) in [7, 11) is 1.81. The minimum absolute atomic E-state index is 0.393. The van der Waals surface area contributed by atoms with Crippen LogP contribution in [-0.2, 0) is 0 Å². The van der Waals surface area contributed by atoms with E-state index in [2.05, 4.69) is 15.3 Å². The molecule has 0 amide bonds. The zero-order valence-electron chi connectivity index (χ0n) is 8.15. The lowest BCUT2D eigenvalue weighted by atomic mass is 9.95. The summed E-state index contributed by atoms with van der Waals surface area (Å²) in [5.41, 5.74) is 0.192. The highest BCUT2D eigenvalue weighted by atomic mass is 16.3. The lowest BCUT2D eigenvalue weighted by Crippen LogP contribution is -2.42. The predicted molar refractivity (Wildman–Crippen MR) is 50.1 cm³/mol. The highest BCUT2D eigenvalue weighted by Crippen LogP contribution is 2.22. The highest BCUT2D eigenvalue weighted by molar-refractivity contribution is 5.06. The van der Waals surface area contributed by atoms with E-state index in [1.165, 1.54) is 0 Å². The van der Waals surface area contributed by atoms with Crippen LogP contribution in [0.4, 0.5) is 0 Å². The van der Waals surface area contributed by atoms with Gasteiger partial charge in [-0.1, -0.05) is 0 Å². The lowest BCUT2D eigenvalue weighted by Gasteiger charge is -2.29. The largest absolute Gasteiger partial charge is 0.385 e. The maximum absolute atomic E-state index is 9.88. The molecule has 0 spiro atoms. The number of aromatic nitrogens is 2. The third-order valence-corrected chi connectivity index (χ3v) is 2.19. The van der Waals surface area contributed by atoms with Crippen molar-refractivity contribution < 1.29 is 5.11 Å². The molecule has 0 radical (unpaired) electrons. The normalized spacial score (nSPS) is 14.2. The van der Waals surface area contributed by atoms with Crippen LogP contribution >= 0.6 is 0 Å². The average molecular weight is 181 g/mol. The third-order valence-electron chi connectivity index (χ3n) is 2.19. The van der Waals surface area contributed by atoms with Gasteiger partial charge in [-0.25, -0.2) is 0 Å². The molecule has 1 rings (SSSR count). The molecule has 2 N–H and O–H groups in total. The van der Waals surface area contributed by atoms with E-state index in [1.807, 2.05) is 13.8 Å². The van der Waals surface area contributed by atoms with Crippen molar-refractivity contribution in [2.75, 3.05) is 7.05 Å². The van der Waals surface area contributed by atoms with Crippen LogP contribution in [0.1, 0.15) is 25.6 Å². The van der Waals surface area contributed by atoms with Crippen molar-refractivity contribution in [2.24, 2.45) is 0 Å². The number of rotatable bonds is 3. The van der Waals surface area contributed by atoms with Gasteiger partial charge in [0.2, 0.25) is 0 Å². The first-order valence-corrected chi connectivity index (χ1v) is 4.21.